The van der Waals surface area contributed by atoms with Crippen molar-refractivity contribution < 1.29 is 4.79 Å². The van der Waals surface area contributed by atoms with Crippen molar-refractivity contribution in [2.24, 2.45) is 5.92 Å². The van der Waals surface area contributed by atoms with E-state index in [-0.39, 0.29) is 11.8 Å². The smallest absolute Gasteiger partial charge is 0.227 e. The maximum absolute atomic E-state index is 12.6. The van der Waals surface area contributed by atoms with Crippen LogP contribution in [-0.4, -0.2) is 39.0 Å². The minimum absolute atomic E-state index is 0.0227. The molecule has 0 radical (unpaired) electrons. The highest BCUT2D eigenvalue weighted by atomic mass is 16.1. The Morgan fingerprint density at radius 1 is 0.966 bits per heavy atom. The van der Waals surface area contributed by atoms with Crippen LogP contribution in [0, 0.1) is 26.7 Å². The van der Waals surface area contributed by atoms with Crippen molar-refractivity contribution in [3.63, 3.8) is 0 Å². The predicted octanol–water partition coefficient (Wildman–Crippen LogP) is 3.44. The van der Waals surface area contributed by atoms with Gasteiger partial charge < -0.3 is 10.2 Å². The Morgan fingerprint density at radius 2 is 1.62 bits per heavy atom. The highest BCUT2D eigenvalue weighted by Gasteiger charge is 2.26. The Morgan fingerprint density at radius 3 is 2.21 bits per heavy atom. The number of hydrogen-bond donors (Lipinski definition) is 1. The first-order chi connectivity index (χ1) is 14.0. The maximum Gasteiger partial charge on any atom is 0.227 e. The summed E-state index contributed by atoms with van der Waals surface area (Å²) in [5.74, 6) is 1.67. The summed E-state index contributed by atoms with van der Waals surface area (Å²) in [4.78, 5) is 14.8. The standard InChI is InChI=1S/C22H26N6O/c1-15-4-6-19(7-5-15)23-22(29)18-10-12-27(13-11-18)20-8-9-21(25-24-20)28-17(3)14-16(2)26-28/h4-9,14,18H,10-13H2,1-3H3,(H,23,29). The number of rotatable bonds is 4. The average molecular weight is 390 g/mol. The molecule has 0 bridgehead atoms. The topological polar surface area (TPSA) is 75.9 Å². The van der Waals surface area contributed by atoms with Crippen molar-refractivity contribution in [1.29, 1.82) is 0 Å². The molecule has 0 atom stereocenters. The Balaban J connectivity index is 1.35. The minimum Gasteiger partial charge on any atom is -0.355 e. The Bertz CT molecular complexity index is 985. The Labute approximate surface area is 170 Å². The lowest BCUT2D eigenvalue weighted by atomic mass is 9.96. The normalized spacial score (nSPS) is 14.8. The van der Waals surface area contributed by atoms with E-state index in [9.17, 15) is 4.79 Å². The van der Waals surface area contributed by atoms with Crippen LogP contribution >= 0.6 is 0 Å². The van der Waals surface area contributed by atoms with Crippen LogP contribution in [0.4, 0.5) is 11.5 Å². The van der Waals surface area contributed by atoms with Crippen LogP contribution in [0.2, 0.25) is 0 Å². The van der Waals surface area contributed by atoms with Gasteiger partial charge in [-0.1, -0.05) is 17.7 Å². The molecule has 1 N–H and O–H groups in total. The molecule has 1 saturated heterocycles. The third-order valence-corrected chi connectivity index (χ3v) is 5.37. The van der Waals surface area contributed by atoms with Crippen molar-refractivity contribution in [2.45, 2.75) is 33.6 Å². The molecule has 3 aromatic rings. The molecule has 4 rings (SSSR count). The maximum atomic E-state index is 12.6. The van der Waals surface area contributed by atoms with Crippen molar-refractivity contribution in [1.82, 2.24) is 20.0 Å². The molecule has 150 valence electrons. The van der Waals surface area contributed by atoms with Gasteiger partial charge in [0.25, 0.3) is 0 Å². The van der Waals surface area contributed by atoms with Gasteiger partial charge in [0.1, 0.15) is 0 Å². The Hall–Kier alpha value is -3.22. The first-order valence-electron chi connectivity index (χ1n) is 9.99. The molecule has 0 unspecified atom stereocenters. The van der Waals surface area contributed by atoms with Gasteiger partial charge in [-0.25, -0.2) is 4.68 Å². The molecule has 3 heterocycles. The molecular formula is C22H26N6O. The first-order valence-corrected chi connectivity index (χ1v) is 9.99. The van der Waals surface area contributed by atoms with Crippen LogP contribution < -0.4 is 10.2 Å². The van der Waals surface area contributed by atoms with Crippen molar-refractivity contribution >= 4 is 17.4 Å². The van der Waals surface area contributed by atoms with Crippen LogP contribution in [-0.2, 0) is 4.79 Å². The summed E-state index contributed by atoms with van der Waals surface area (Å²) in [5.41, 5.74) is 4.03. The van der Waals surface area contributed by atoms with Crippen molar-refractivity contribution in [2.75, 3.05) is 23.3 Å². The fourth-order valence-electron chi connectivity index (χ4n) is 3.71. The van der Waals surface area contributed by atoms with Crippen LogP contribution in [0.3, 0.4) is 0 Å². The van der Waals surface area contributed by atoms with Crippen LogP contribution in [0.25, 0.3) is 5.82 Å². The highest BCUT2D eigenvalue weighted by molar-refractivity contribution is 5.92. The number of benzene rings is 1. The molecule has 0 saturated carbocycles. The van der Waals surface area contributed by atoms with E-state index < -0.39 is 0 Å². The zero-order valence-corrected chi connectivity index (χ0v) is 17.1. The summed E-state index contributed by atoms with van der Waals surface area (Å²) >= 11 is 0. The average Bonchev–Trinajstić information content (AvgIpc) is 3.08. The Kier molecular flexibility index (Phi) is 5.29. The molecule has 1 aliphatic rings. The molecule has 2 aromatic heterocycles. The van der Waals surface area contributed by atoms with Gasteiger partial charge >= 0.3 is 0 Å². The van der Waals surface area contributed by atoms with Gasteiger partial charge in [0, 0.05) is 30.4 Å². The summed E-state index contributed by atoms with van der Waals surface area (Å²) in [6.07, 6.45) is 1.61. The van der Waals surface area contributed by atoms with Gasteiger partial charge in [0.05, 0.1) is 5.69 Å². The lowest BCUT2D eigenvalue weighted by molar-refractivity contribution is -0.120. The second-order valence-corrected chi connectivity index (χ2v) is 7.71. The molecule has 0 aliphatic carbocycles. The summed E-state index contributed by atoms with van der Waals surface area (Å²) in [7, 11) is 0. The lowest BCUT2D eigenvalue weighted by Crippen LogP contribution is -2.38. The van der Waals surface area contributed by atoms with E-state index in [0.29, 0.717) is 5.82 Å². The molecular weight excluding hydrogens is 364 g/mol. The minimum atomic E-state index is 0.0227. The molecule has 7 heteroatoms. The molecule has 1 aromatic carbocycles. The fraction of sp³-hybridized carbons (Fsp3) is 0.364. The number of piperidine rings is 1. The van der Waals surface area contributed by atoms with Gasteiger partial charge in [-0.05, 0) is 63.9 Å². The summed E-state index contributed by atoms with van der Waals surface area (Å²) in [6.45, 7) is 7.58. The third kappa shape index (κ3) is 4.29. The molecule has 7 nitrogen and oxygen atoms in total. The van der Waals surface area contributed by atoms with Crippen molar-refractivity contribution in [3.8, 4) is 5.82 Å². The number of aromatic nitrogens is 4. The monoisotopic (exact) mass is 390 g/mol. The first kappa shape index (κ1) is 19.1. The van der Waals surface area contributed by atoms with Gasteiger partial charge in [0.15, 0.2) is 11.6 Å². The van der Waals surface area contributed by atoms with Gasteiger partial charge in [-0.2, -0.15) is 5.10 Å². The number of nitrogens with zero attached hydrogens (tertiary/aromatic N) is 5. The zero-order chi connectivity index (χ0) is 20.4. The SMILES string of the molecule is Cc1ccc(NC(=O)C2CCN(c3ccc(-n4nc(C)cc4C)nn3)CC2)cc1. The number of amides is 1. The number of carbonyl (C=O) groups is 1. The lowest BCUT2D eigenvalue weighted by Gasteiger charge is -2.31. The van der Waals surface area contributed by atoms with E-state index in [4.69, 9.17) is 0 Å². The van der Waals surface area contributed by atoms with Crippen LogP contribution in [0.1, 0.15) is 29.8 Å². The second kappa shape index (κ2) is 8.03. The summed E-state index contributed by atoms with van der Waals surface area (Å²) in [5, 5.41) is 16.2. The quantitative estimate of drug-likeness (QED) is 0.738. The zero-order valence-electron chi connectivity index (χ0n) is 17.1. The number of nitrogens with one attached hydrogen (secondary N) is 1. The third-order valence-electron chi connectivity index (χ3n) is 5.37. The summed E-state index contributed by atoms with van der Waals surface area (Å²) < 4.78 is 1.80. The molecule has 0 spiro atoms. The van der Waals surface area contributed by atoms with Crippen LogP contribution in [0.15, 0.2) is 42.5 Å². The van der Waals surface area contributed by atoms with E-state index in [1.165, 1.54) is 5.56 Å². The van der Waals surface area contributed by atoms with E-state index in [1.54, 1.807) is 4.68 Å². The largest absolute Gasteiger partial charge is 0.355 e. The van der Waals surface area contributed by atoms with Gasteiger partial charge in [-0.15, -0.1) is 10.2 Å². The molecule has 1 amide bonds. The van der Waals surface area contributed by atoms with E-state index in [1.807, 2.05) is 63.2 Å². The fourth-order valence-corrected chi connectivity index (χ4v) is 3.71. The number of anilines is 2. The number of hydrogen-bond acceptors (Lipinski definition) is 5. The van der Waals surface area contributed by atoms with Gasteiger partial charge in [-0.3, -0.25) is 4.79 Å². The van der Waals surface area contributed by atoms with Gasteiger partial charge in [0.2, 0.25) is 5.91 Å². The second-order valence-electron chi connectivity index (χ2n) is 7.71. The van der Waals surface area contributed by atoms with E-state index in [0.717, 1.165) is 48.8 Å². The molecule has 29 heavy (non-hydrogen) atoms. The van der Waals surface area contributed by atoms with Crippen LogP contribution in [0.5, 0.6) is 0 Å². The van der Waals surface area contributed by atoms with E-state index in [2.05, 4.69) is 25.5 Å². The highest BCUT2D eigenvalue weighted by Crippen LogP contribution is 2.23. The van der Waals surface area contributed by atoms with E-state index >= 15 is 0 Å². The predicted molar refractivity (Wildman–Crippen MR) is 113 cm³/mol. The van der Waals surface area contributed by atoms with Crippen molar-refractivity contribution in [3.05, 3.63) is 59.4 Å². The summed E-state index contributed by atoms with van der Waals surface area (Å²) in [6, 6.07) is 13.8. The number of carbonyl (C=O) groups excluding carboxylic acids is 1. The number of aryl methyl sites for hydroxylation is 3. The molecule has 1 fully saturated rings. The molecule has 1 aliphatic heterocycles.